The van der Waals surface area contributed by atoms with Crippen molar-refractivity contribution in [3.05, 3.63) is 47.2 Å². The molecule has 0 saturated heterocycles. The molecule has 2 aromatic rings. The van der Waals surface area contributed by atoms with Gasteiger partial charge in [0.15, 0.2) is 0 Å². The van der Waals surface area contributed by atoms with Gasteiger partial charge in [0.2, 0.25) is 5.09 Å². The molecule has 2 N–H and O–H groups in total. The first-order valence-corrected chi connectivity index (χ1v) is 9.18. The molecule has 1 aliphatic heterocycles. The molecule has 0 fully saturated rings. The van der Waals surface area contributed by atoms with Gasteiger partial charge < -0.3 is 9.32 Å². The van der Waals surface area contributed by atoms with E-state index in [1.54, 1.807) is 4.90 Å². The van der Waals surface area contributed by atoms with Crippen molar-refractivity contribution in [1.82, 2.24) is 0 Å². The van der Waals surface area contributed by atoms with Crippen LogP contribution in [0.1, 0.15) is 42.3 Å². The minimum atomic E-state index is -3.96. The van der Waals surface area contributed by atoms with E-state index in [1.165, 1.54) is 11.6 Å². The third kappa shape index (κ3) is 2.97. The highest BCUT2D eigenvalue weighted by atomic mass is 32.2. The Kier molecular flexibility index (Phi) is 3.80. The number of primary sulfonamides is 1. The lowest BCUT2D eigenvalue weighted by molar-refractivity contribution is 0.0989. The van der Waals surface area contributed by atoms with Crippen LogP contribution < -0.4 is 10.0 Å². The summed E-state index contributed by atoms with van der Waals surface area (Å²) in [4.78, 5) is 14.3. The molecule has 1 aliphatic rings. The summed E-state index contributed by atoms with van der Waals surface area (Å²) in [6.45, 7) is 6.99. The van der Waals surface area contributed by atoms with Crippen molar-refractivity contribution in [2.75, 3.05) is 11.4 Å². The van der Waals surface area contributed by atoms with Crippen LogP contribution in [0.15, 0.2) is 40.0 Å². The van der Waals surface area contributed by atoms with Crippen molar-refractivity contribution in [3.63, 3.8) is 0 Å². The molecule has 0 atom stereocenters. The number of anilines is 1. The minimum Gasteiger partial charge on any atom is -0.451 e. The molecule has 1 amide bonds. The zero-order chi connectivity index (χ0) is 17.7. The average molecular weight is 348 g/mol. The van der Waals surface area contributed by atoms with Crippen LogP contribution >= 0.6 is 0 Å². The van der Waals surface area contributed by atoms with E-state index in [9.17, 15) is 13.2 Å². The molecule has 0 unspecified atom stereocenters. The van der Waals surface area contributed by atoms with Gasteiger partial charge in [0.05, 0.1) is 5.56 Å². The van der Waals surface area contributed by atoms with Crippen molar-refractivity contribution in [2.45, 2.75) is 37.7 Å². The van der Waals surface area contributed by atoms with E-state index in [2.05, 4.69) is 26.8 Å². The Morgan fingerprint density at radius 2 is 1.96 bits per heavy atom. The quantitative estimate of drug-likeness (QED) is 0.902. The van der Waals surface area contributed by atoms with Gasteiger partial charge in [-0.3, -0.25) is 4.79 Å². The molecule has 7 heteroatoms. The number of nitrogens with two attached hydrogens (primary N) is 1. The fourth-order valence-electron chi connectivity index (χ4n) is 2.81. The molecule has 1 aromatic heterocycles. The lowest BCUT2D eigenvalue weighted by Crippen LogP contribution is -2.28. The van der Waals surface area contributed by atoms with Gasteiger partial charge in [0, 0.05) is 18.3 Å². The molecule has 0 saturated carbocycles. The lowest BCUT2D eigenvalue weighted by atomic mass is 9.86. The maximum absolute atomic E-state index is 12.7. The molecular formula is C17H20N2O4S. The minimum absolute atomic E-state index is 0.0431. The number of carbonyl (C=O) groups excluding carboxylic acids is 1. The Hall–Kier alpha value is -2.12. The first kappa shape index (κ1) is 16.7. The molecule has 1 aromatic carbocycles. The monoisotopic (exact) mass is 348 g/mol. The normalized spacial score (nSPS) is 14.8. The first-order chi connectivity index (χ1) is 11.1. The number of amides is 1. The van der Waals surface area contributed by atoms with Gasteiger partial charge in [-0.2, -0.15) is 0 Å². The molecule has 24 heavy (non-hydrogen) atoms. The predicted molar refractivity (Wildman–Crippen MR) is 90.6 cm³/mol. The van der Waals surface area contributed by atoms with Gasteiger partial charge >= 0.3 is 0 Å². The van der Waals surface area contributed by atoms with Gasteiger partial charge in [-0.25, -0.2) is 13.6 Å². The zero-order valence-corrected chi connectivity index (χ0v) is 14.7. The maximum atomic E-state index is 12.7. The summed E-state index contributed by atoms with van der Waals surface area (Å²) in [7, 11) is -3.96. The number of furan rings is 1. The van der Waals surface area contributed by atoms with Crippen molar-refractivity contribution in [3.8, 4) is 0 Å². The number of hydrogen-bond donors (Lipinski definition) is 1. The van der Waals surface area contributed by atoms with Crippen LogP contribution in [0.3, 0.4) is 0 Å². The highest BCUT2D eigenvalue weighted by molar-refractivity contribution is 7.89. The number of rotatable bonds is 2. The SMILES string of the molecule is CC(C)(C)c1ccc2c(c1)CCN2C(=O)c1coc(S(N)(=O)=O)c1. The Labute approximate surface area is 141 Å². The van der Waals surface area contributed by atoms with Crippen LogP contribution in [0.25, 0.3) is 0 Å². The lowest BCUT2D eigenvalue weighted by Gasteiger charge is -2.21. The Balaban J connectivity index is 1.91. The first-order valence-electron chi connectivity index (χ1n) is 7.64. The van der Waals surface area contributed by atoms with E-state index in [0.717, 1.165) is 23.9 Å². The fourth-order valence-corrected chi connectivity index (χ4v) is 3.29. The largest absolute Gasteiger partial charge is 0.451 e. The van der Waals surface area contributed by atoms with Gasteiger partial charge in [0.25, 0.3) is 15.9 Å². The van der Waals surface area contributed by atoms with Crippen molar-refractivity contribution < 1.29 is 17.6 Å². The number of benzene rings is 1. The molecule has 0 radical (unpaired) electrons. The molecule has 0 bridgehead atoms. The van der Waals surface area contributed by atoms with Gasteiger partial charge in [0.1, 0.15) is 6.26 Å². The number of carbonyl (C=O) groups is 1. The summed E-state index contributed by atoms with van der Waals surface area (Å²) in [6, 6.07) is 7.27. The van der Waals surface area contributed by atoms with Crippen LogP contribution in [0.5, 0.6) is 0 Å². The highest BCUT2D eigenvalue weighted by Crippen LogP contribution is 2.34. The van der Waals surface area contributed by atoms with E-state index in [4.69, 9.17) is 9.56 Å². The van der Waals surface area contributed by atoms with Crippen molar-refractivity contribution in [1.29, 1.82) is 0 Å². The van der Waals surface area contributed by atoms with Crippen LogP contribution in [0.2, 0.25) is 0 Å². The summed E-state index contributed by atoms with van der Waals surface area (Å²) in [5.41, 5.74) is 3.40. The number of sulfonamides is 1. The molecule has 6 nitrogen and oxygen atoms in total. The van der Waals surface area contributed by atoms with Gasteiger partial charge in [-0.15, -0.1) is 0 Å². The molecule has 3 rings (SSSR count). The van der Waals surface area contributed by atoms with Crippen LogP contribution in [0.4, 0.5) is 5.69 Å². The number of fused-ring (bicyclic) bond motifs is 1. The third-order valence-electron chi connectivity index (χ3n) is 4.19. The van der Waals surface area contributed by atoms with E-state index in [0.29, 0.717) is 6.54 Å². The van der Waals surface area contributed by atoms with E-state index >= 15 is 0 Å². The average Bonchev–Trinajstić information content (AvgIpc) is 3.11. The summed E-state index contributed by atoms with van der Waals surface area (Å²) in [6.07, 6.45) is 1.90. The molecular weight excluding hydrogens is 328 g/mol. The second-order valence-corrected chi connectivity index (χ2v) is 8.49. The smallest absolute Gasteiger partial charge is 0.271 e. The van der Waals surface area contributed by atoms with E-state index in [1.807, 2.05) is 12.1 Å². The Morgan fingerprint density at radius 1 is 1.25 bits per heavy atom. The standard InChI is InChI=1S/C17H20N2O4S/c1-17(2,3)13-4-5-14-11(8-13)6-7-19(14)16(20)12-9-15(23-10-12)24(18,21)22/h4-5,8-10H,6-7H2,1-3H3,(H2,18,21,22). The molecule has 0 aliphatic carbocycles. The molecule has 2 heterocycles. The number of nitrogens with zero attached hydrogens (tertiary/aromatic N) is 1. The fraction of sp³-hybridized carbons (Fsp3) is 0.353. The number of hydrogen-bond acceptors (Lipinski definition) is 4. The van der Waals surface area contributed by atoms with Crippen LogP contribution in [-0.2, 0) is 21.9 Å². The third-order valence-corrected chi connectivity index (χ3v) is 4.96. The summed E-state index contributed by atoms with van der Waals surface area (Å²) in [5.74, 6) is -0.295. The predicted octanol–water partition coefficient (Wildman–Crippen LogP) is 2.43. The Morgan fingerprint density at radius 3 is 2.54 bits per heavy atom. The van der Waals surface area contributed by atoms with Crippen molar-refractivity contribution >= 4 is 21.6 Å². The van der Waals surface area contributed by atoms with E-state index in [-0.39, 0.29) is 16.9 Å². The second kappa shape index (κ2) is 5.46. The zero-order valence-electron chi connectivity index (χ0n) is 13.9. The topological polar surface area (TPSA) is 93.6 Å². The Bertz CT molecular complexity index is 907. The van der Waals surface area contributed by atoms with Crippen LogP contribution in [-0.4, -0.2) is 20.9 Å². The van der Waals surface area contributed by atoms with Gasteiger partial charge in [-0.05, 0) is 29.0 Å². The second-order valence-electron chi connectivity index (χ2n) is 7.00. The summed E-state index contributed by atoms with van der Waals surface area (Å²) >= 11 is 0. The van der Waals surface area contributed by atoms with Crippen LogP contribution in [0, 0.1) is 0 Å². The molecule has 128 valence electrons. The van der Waals surface area contributed by atoms with Gasteiger partial charge in [-0.1, -0.05) is 32.9 Å². The maximum Gasteiger partial charge on any atom is 0.271 e. The summed E-state index contributed by atoms with van der Waals surface area (Å²) < 4.78 is 27.5. The highest BCUT2D eigenvalue weighted by Gasteiger charge is 2.29. The van der Waals surface area contributed by atoms with E-state index < -0.39 is 15.1 Å². The summed E-state index contributed by atoms with van der Waals surface area (Å²) in [5, 5.41) is 4.60. The van der Waals surface area contributed by atoms with Crippen molar-refractivity contribution in [2.24, 2.45) is 5.14 Å². The molecule has 0 spiro atoms.